The summed E-state index contributed by atoms with van der Waals surface area (Å²) in [5, 5.41) is 21.7. The van der Waals surface area contributed by atoms with Crippen LogP contribution in [0.15, 0.2) is 66.7 Å². The summed E-state index contributed by atoms with van der Waals surface area (Å²) in [6.45, 7) is -0.0855. The quantitative estimate of drug-likeness (QED) is 0.417. The second-order valence-electron chi connectivity index (χ2n) is 9.52. The lowest BCUT2D eigenvalue weighted by molar-refractivity contribution is -0.124. The molecule has 202 valence electrons. The Morgan fingerprint density at radius 1 is 1.05 bits per heavy atom. The van der Waals surface area contributed by atoms with Crippen molar-refractivity contribution >= 4 is 58.5 Å². The SMILES string of the molecule is CN1C(=O)N(c2cc(Cl)cc(Cl)c2)C(=O)[C@]12CN(C(=O)Nc1cccc(C(=O)O)c1)C[C@H]2c1ccc(C#N)cc1. The lowest BCUT2D eigenvalue weighted by Gasteiger charge is -2.33. The fraction of sp³-hybridized carbons (Fsp3) is 0.179. The number of anilines is 2. The molecule has 0 unspecified atom stereocenters. The number of benzene rings is 3. The number of amides is 5. The van der Waals surface area contributed by atoms with E-state index >= 15 is 0 Å². The number of carbonyl (C=O) groups is 4. The van der Waals surface area contributed by atoms with Crippen molar-refractivity contribution in [3.8, 4) is 6.07 Å². The van der Waals surface area contributed by atoms with Gasteiger partial charge in [0.15, 0.2) is 0 Å². The molecule has 3 aromatic rings. The van der Waals surface area contributed by atoms with Gasteiger partial charge in [0.25, 0.3) is 5.91 Å². The maximum Gasteiger partial charge on any atom is 0.335 e. The Morgan fingerprint density at radius 3 is 2.35 bits per heavy atom. The van der Waals surface area contributed by atoms with E-state index in [1.54, 1.807) is 30.3 Å². The monoisotopic (exact) mass is 577 g/mol. The number of hydrogen-bond donors (Lipinski definition) is 2. The minimum absolute atomic E-state index is 0.00160. The Balaban J connectivity index is 1.55. The molecule has 2 N–H and O–H groups in total. The molecule has 0 saturated carbocycles. The largest absolute Gasteiger partial charge is 0.478 e. The molecule has 2 aliphatic rings. The highest BCUT2D eigenvalue weighted by atomic mass is 35.5. The zero-order valence-electron chi connectivity index (χ0n) is 21.0. The van der Waals surface area contributed by atoms with Gasteiger partial charge < -0.3 is 20.2 Å². The Kier molecular flexibility index (Phi) is 6.87. The molecule has 12 heteroatoms. The molecule has 2 fully saturated rings. The molecule has 3 aromatic carbocycles. The molecular weight excluding hydrogens is 557 g/mol. The third kappa shape index (κ3) is 4.49. The number of carboxylic acid groups (broad SMARTS) is 1. The van der Waals surface area contributed by atoms with Crippen LogP contribution >= 0.6 is 23.2 Å². The van der Waals surface area contributed by atoms with Gasteiger partial charge in [0.05, 0.1) is 29.4 Å². The molecule has 0 radical (unpaired) electrons. The number of halogens is 2. The van der Waals surface area contributed by atoms with Crippen molar-refractivity contribution in [2.45, 2.75) is 11.5 Å². The Hall–Kier alpha value is -4.59. The van der Waals surface area contributed by atoms with Crippen LogP contribution in [0.3, 0.4) is 0 Å². The van der Waals surface area contributed by atoms with Crippen LogP contribution in [0.5, 0.6) is 0 Å². The van der Waals surface area contributed by atoms with Gasteiger partial charge in [-0.2, -0.15) is 5.26 Å². The number of rotatable bonds is 4. The van der Waals surface area contributed by atoms with E-state index in [1.165, 1.54) is 53.2 Å². The Bertz CT molecular complexity index is 1590. The van der Waals surface area contributed by atoms with Crippen molar-refractivity contribution in [1.29, 1.82) is 5.26 Å². The summed E-state index contributed by atoms with van der Waals surface area (Å²) in [5.41, 5.74) is 0.0437. The third-order valence-electron chi connectivity index (χ3n) is 7.26. The van der Waals surface area contributed by atoms with Gasteiger partial charge >= 0.3 is 18.0 Å². The van der Waals surface area contributed by atoms with E-state index in [4.69, 9.17) is 23.2 Å². The molecule has 40 heavy (non-hydrogen) atoms. The van der Waals surface area contributed by atoms with E-state index in [9.17, 15) is 29.5 Å². The van der Waals surface area contributed by atoms with Crippen LogP contribution in [0.4, 0.5) is 21.0 Å². The first-order chi connectivity index (χ1) is 19.0. The van der Waals surface area contributed by atoms with Gasteiger partial charge in [0.1, 0.15) is 5.54 Å². The van der Waals surface area contributed by atoms with E-state index < -0.39 is 35.4 Å². The highest BCUT2D eigenvalue weighted by molar-refractivity contribution is 6.36. The van der Waals surface area contributed by atoms with E-state index in [0.29, 0.717) is 11.1 Å². The van der Waals surface area contributed by atoms with Crippen molar-refractivity contribution < 1.29 is 24.3 Å². The van der Waals surface area contributed by atoms with Crippen LogP contribution < -0.4 is 10.2 Å². The maximum absolute atomic E-state index is 14.2. The predicted octanol–water partition coefficient (Wildman–Crippen LogP) is 5.03. The number of imide groups is 1. The summed E-state index contributed by atoms with van der Waals surface area (Å²) in [6, 6.07) is 17.7. The second-order valence-corrected chi connectivity index (χ2v) is 10.4. The number of hydrogen-bond acceptors (Lipinski definition) is 5. The minimum atomic E-state index is -1.49. The average molecular weight is 578 g/mol. The van der Waals surface area contributed by atoms with E-state index in [0.717, 1.165) is 4.90 Å². The van der Waals surface area contributed by atoms with Crippen molar-refractivity contribution in [3.05, 3.63) is 93.5 Å². The molecule has 0 aliphatic carbocycles. The number of likely N-dealkylation sites (N-methyl/N-ethyl adjacent to an activating group) is 1. The van der Waals surface area contributed by atoms with Crippen molar-refractivity contribution in [1.82, 2.24) is 9.80 Å². The van der Waals surface area contributed by atoms with Gasteiger partial charge in [-0.25, -0.2) is 19.3 Å². The zero-order chi connectivity index (χ0) is 28.8. The summed E-state index contributed by atoms with van der Waals surface area (Å²) in [6.07, 6.45) is 0. The average Bonchev–Trinajstić information content (AvgIpc) is 3.41. The van der Waals surface area contributed by atoms with Gasteiger partial charge in [-0.15, -0.1) is 0 Å². The lowest BCUT2D eigenvalue weighted by Crippen LogP contribution is -2.54. The molecule has 2 heterocycles. The van der Waals surface area contributed by atoms with Crippen molar-refractivity contribution in [2.24, 2.45) is 0 Å². The minimum Gasteiger partial charge on any atom is -0.478 e. The van der Waals surface area contributed by atoms with Crippen LogP contribution in [0.1, 0.15) is 27.4 Å². The van der Waals surface area contributed by atoms with E-state index in [1.807, 2.05) is 0 Å². The predicted molar refractivity (Wildman–Crippen MR) is 148 cm³/mol. The summed E-state index contributed by atoms with van der Waals surface area (Å²) >= 11 is 12.3. The normalized spacial score (nSPS) is 20.2. The number of nitrogens with one attached hydrogen (secondary N) is 1. The third-order valence-corrected chi connectivity index (χ3v) is 7.69. The van der Waals surface area contributed by atoms with Crippen molar-refractivity contribution in [3.63, 3.8) is 0 Å². The molecule has 2 saturated heterocycles. The molecule has 2 aliphatic heterocycles. The van der Waals surface area contributed by atoms with E-state index in [-0.39, 0.29) is 40.1 Å². The smallest absolute Gasteiger partial charge is 0.335 e. The van der Waals surface area contributed by atoms with Crippen LogP contribution in [0.2, 0.25) is 10.0 Å². The molecule has 0 bridgehead atoms. The van der Waals surface area contributed by atoms with E-state index in [2.05, 4.69) is 11.4 Å². The van der Waals surface area contributed by atoms with Gasteiger partial charge in [-0.1, -0.05) is 41.4 Å². The molecule has 5 rings (SSSR count). The maximum atomic E-state index is 14.2. The van der Waals surface area contributed by atoms with Crippen LogP contribution in [-0.2, 0) is 4.79 Å². The number of urea groups is 2. The summed E-state index contributed by atoms with van der Waals surface area (Å²) in [4.78, 5) is 56.3. The van der Waals surface area contributed by atoms with Gasteiger partial charge in [0, 0.05) is 35.2 Å². The van der Waals surface area contributed by atoms with Gasteiger partial charge in [-0.05, 0) is 54.1 Å². The van der Waals surface area contributed by atoms with Crippen LogP contribution in [0, 0.1) is 11.3 Å². The first kappa shape index (κ1) is 27.0. The number of nitrogens with zero attached hydrogens (tertiary/aromatic N) is 4. The van der Waals surface area contributed by atoms with Crippen LogP contribution in [0.25, 0.3) is 0 Å². The number of aromatic carboxylic acids is 1. The fourth-order valence-electron chi connectivity index (χ4n) is 5.29. The molecular formula is C28H21Cl2N5O5. The van der Waals surface area contributed by atoms with Crippen molar-refractivity contribution in [2.75, 3.05) is 30.4 Å². The first-order valence-corrected chi connectivity index (χ1v) is 12.8. The first-order valence-electron chi connectivity index (χ1n) is 12.0. The number of nitriles is 1. The number of carboxylic acids is 1. The lowest BCUT2D eigenvalue weighted by atomic mass is 9.80. The highest BCUT2D eigenvalue weighted by Gasteiger charge is 2.65. The molecule has 2 atom stereocenters. The van der Waals surface area contributed by atoms with Gasteiger partial charge in [0.2, 0.25) is 0 Å². The summed E-state index contributed by atoms with van der Waals surface area (Å²) < 4.78 is 0. The summed E-state index contributed by atoms with van der Waals surface area (Å²) in [5.74, 6) is -2.36. The summed E-state index contributed by atoms with van der Waals surface area (Å²) in [7, 11) is 1.50. The molecule has 1 spiro atoms. The highest BCUT2D eigenvalue weighted by Crippen LogP contribution is 2.46. The number of likely N-dealkylation sites (tertiary alicyclic amines) is 1. The molecule has 10 nitrogen and oxygen atoms in total. The standard InChI is InChI=1S/C28H21Cl2N5O5/c1-33-27(40)35(22-11-19(29)10-20(30)12-22)25(38)28(33)15-34(14-23(28)17-7-5-16(13-31)6-8-17)26(39)32-21-4-2-3-18(9-21)24(36)37/h2-12,23H,14-15H2,1H3,(H,32,39)(H,36,37)/t23-,28+/m0/s1. The Morgan fingerprint density at radius 2 is 1.73 bits per heavy atom. The second kappa shape index (κ2) is 10.2. The van der Waals surface area contributed by atoms with Crippen LogP contribution in [-0.4, -0.2) is 64.5 Å². The Labute approximate surface area is 238 Å². The van der Waals surface area contributed by atoms with Gasteiger partial charge in [-0.3, -0.25) is 4.79 Å². The fourth-order valence-corrected chi connectivity index (χ4v) is 5.81. The molecule has 0 aromatic heterocycles. The topological polar surface area (TPSA) is 134 Å². The molecule has 5 amide bonds. The number of carbonyl (C=O) groups excluding carboxylic acids is 3. The zero-order valence-corrected chi connectivity index (χ0v) is 22.5.